The number of carbonyl (C=O) groups is 2. The molecule has 0 bridgehead atoms. The molecule has 0 saturated heterocycles. The van der Waals surface area contributed by atoms with E-state index in [-0.39, 0.29) is 30.9 Å². The Kier molecular flexibility index (Phi) is 9.51. The fourth-order valence-electron chi connectivity index (χ4n) is 5.21. The summed E-state index contributed by atoms with van der Waals surface area (Å²) in [7, 11) is 3.07. The Bertz CT molecular complexity index is 1570. The van der Waals surface area contributed by atoms with E-state index in [0.717, 1.165) is 25.7 Å². The molecule has 10 nitrogen and oxygen atoms in total. The summed E-state index contributed by atoms with van der Waals surface area (Å²) in [5.74, 6) is 0.0710. The van der Waals surface area contributed by atoms with E-state index in [0.29, 0.717) is 33.2 Å². The smallest absolute Gasteiger partial charge is 0.247 e. The monoisotopic (exact) mass is 606 g/mol. The van der Waals surface area contributed by atoms with Gasteiger partial charge in [-0.1, -0.05) is 54.8 Å². The summed E-state index contributed by atoms with van der Waals surface area (Å²) in [6.45, 7) is -0.283. The van der Waals surface area contributed by atoms with Crippen LogP contribution in [0, 0.1) is 5.82 Å². The van der Waals surface area contributed by atoms with Gasteiger partial charge in [-0.3, -0.25) is 9.59 Å². The topological polar surface area (TPSA) is 111 Å². The van der Waals surface area contributed by atoms with Crippen LogP contribution in [0.4, 0.5) is 4.39 Å². The normalized spacial score (nSPS) is 13.9. The highest BCUT2D eigenvalue weighted by Crippen LogP contribution is 2.31. The standard InChI is InChI=1S/C31H32ClFN6O4/c1-42-26-16-13-21(17-27(26)43-2)30-35-37-39(36-30)19-28(40)38(18-22-7-3-6-10-25(22)32)29(20-11-14-23(33)15-12-20)31(41)34-24-8-4-5-9-24/h3,6-7,10-17,24,29H,4-5,8-9,18-19H2,1-2H3,(H,34,41)/t29-/m1/s1. The van der Waals surface area contributed by atoms with Crippen LogP contribution in [0.3, 0.4) is 0 Å². The van der Waals surface area contributed by atoms with Crippen molar-refractivity contribution in [1.29, 1.82) is 0 Å². The van der Waals surface area contributed by atoms with E-state index in [4.69, 9.17) is 21.1 Å². The maximum Gasteiger partial charge on any atom is 0.247 e. The molecule has 3 aromatic carbocycles. The number of aromatic nitrogens is 4. The molecule has 224 valence electrons. The number of rotatable bonds is 11. The molecule has 12 heteroatoms. The molecule has 43 heavy (non-hydrogen) atoms. The van der Waals surface area contributed by atoms with Crippen molar-refractivity contribution in [3.8, 4) is 22.9 Å². The van der Waals surface area contributed by atoms with Crippen molar-refractivity contribution in [3.63, 3.8) is 0 Å². The summed E-state index contributed by atoms with van der Waals surface area (Å²) >= 11 is 6.49. The van der Waals surface area contributed by atoms with Gasteiger partial charge in [-0.15, -0.1) is 10.2 Å². The van der Waals surface area contributed by atoms with Crippen LogP contribution in [0.15, 0.2) is 66.7 Å². The maximum atomic E-state index is 14.0. The van der Waals surface area contributed by atoms with Crippen molar-refractivity contribution in [2.24, 2.45) is 0 Å². The van der Waals surface area contributed by atoms with Gasteiger partial charge in [0, 0.05) is 23.2 Å². The first kappa shape index (κ1) is 30.0. The number of ether oxygens (including phenoxy) is 2. The Morgan fingerprint density at radius 3 is 2.47 bits per heavy atom. The van der Waals surface area contributed by atoms with Gasteiger partial charge in [0.25, 0.3) is 0 Å². The Labute approximate surface area is 253 Å². The molecular formula is C31H32ClFN6O4. The number of hydrogen-bond donors (Lipinski definition) is 1. The first-order chi connectivity index (χ1) is 20.9. The lowest BCUT2D eigenvalue weighted by Gasteiger charge is -2.32. The summed E-state index contributed by atoms with van der Waals surface area (Å²) in [6.07, 6.45) is 3.77. The van der Waals surface area contributed by atoms with E-state index in [1.54, 1.807) is 43.5 Å². The first-order valence-electron chi connectivity index (χ1n) is 13.9. The minimum Gasteiger partial charge on any atom is -0.493 e. The van der Waals surface area contributed by atoms with Crippen LogP contribution in [-0.2, 0) is 22.7 Å². The second kappa shape index (κ2) is 13.6. The van der Waals surface area contributed by atoms with Crippen LogP contribution in [0.2, 0.25) is 5.02 Å². The second-order valence-electron chi connectivity index (χ2n) is 10.3. The van der Waals surface area contributed by atoms with Crippen LogP contribution in [0.5, 0.6) is 11.5 Å². The third-order valence-corrected chi connectivity index (χ3v) is 7.81. The molecule has 4 aromatic rings. The number of benzene rings is 3. The lowest BCUT2D eigenvalue weighted by Crippen LogP contribution is -2.46. The Morgan fingerprint density at radius 2 is 1.77 bits per heavy atom. The molecule has 1 heterocycles. The summed E-state index contributed by atoms with van der Waals surface area (Å²) in [5.41, 5.74) is 1.73. The summed E-state index contributed by atoms with van der Waals surface area (Å²) in [6, 6.07) is 16.8. The molecule has 1 fully saturated rings. The molecule has 2 amide bonds. The minimum atomic E-state index is -1.06. The fourth-order valence-corrected chi connectivity index (χ4v) is 5.41. The molecule has 1 aliphatic carbocycles. The van der Waals surface area contributed by atoms with Gasteiger partial charge in [-0.25, -0.2) is 4.39 Å². The zero-order valence-corrected chi connectivity index (χ0v) is 24.6. The molecule has 0 spiro atoms. The highest BCUT2D eigenvalue weighted by atomic mass is 35.5. The van der Waals surface area contributed by atoms with Gasteiger partial charge in [0.05, 0.1) is 14.2 Å². The van der Waals surface area contributed by atoms with Crippen molar-refractivity contribution in [2.75, 3.05) is 14.2 Å². The molecule has 1 N–H and O–H groups in total. The van der Waals surface area contributed by atoms with E-state index in [1.807, 2.05) is 6.07 Å². The quantitative estimate of drug-likeness (QED) is 0.256. The number of nitrogens with zero attached hydrogens (tertiary/aromatic N) is 5. The SMILES string of the molecule is COc1ccc(-c2nnn(CC(=O)N(Cc3ccccc3Cl)[C@@H](C(=O)NC3CCCC3)c3ccc(F)cc3)n2)cc1OC. The second-order valence-corrected chi connectivity index (χ2v) is 10.7. The molecular weight excluding hydrogens is 575 g/mol. The zero-order chi connectivity index (χ0) is 30.3. The molecule has 1 aromatic heterocycles. The number of hydrogen-bond acceptors (Lipinski definition) is 7. The van der Waals surface area contributed by atoms with Crippen molar-refractivity contribution >= 4 is 23.4 Å². The van der Waals surface area contributed by atoms with Crippen LogP contribution >= 0.6 is 11.6 Å². The number of tetrazole rings is 1. The Balaban J connectivity index is 1.47. The fraction of sp³-hybridized carbons (Fsp3) is 0.323. The zero-order valence-electron chi connectivity index (χ0n) is 23.9. The largest absolute Gasteiger partial charge is 0.493 e. The van der Waals surface area contributed by atoms with Crippen LogP contribution < -0.4 is 14.8 Å². The van der Waals surface area contributed by atoms with E-state index < -0.39 is 17.8 Å². The van der Waals surface area contributed by atoms with Gasteiger partial charge in [-0.2, -0.15) is 4.80 Å². The van der Waals surface area contributed by atoms with Crippen molar-refractivity contribution in [2.45, 2.75) is 50.9 Å². The highest BCUT2D eigenvalue weighted by molar-refractivity contribution is 6.31. The van der Waals surface area contributed by atoms with Gasteiger partial charge in [-0.05, 0) is 65.6 Å². The molecule has 1 aliphatic rings. The number of amides is 2. The lowest BCUT2D eigenvalue weighted by atomic mass is 10.0. The Morgan fingerprint density at radius 1 is 1.05 bits per heavy atom. The summed E-state index contributed by atoms with van der Waals surface area (Å²) in [5, 5.41) is 16.2. The molecule has 0 aliphatic heterocycles. The Hall–Kier alpha value is -4.51. The summed E-state index contributed by atoms with van der Waals surface area (Å²) in [4.78, 5) is 30.5. The molecule has 1 atom stereocenters. The van der Waals surface area contributed by atoms with Gasteiger partial charge in [0.1, 0.15) is 18.4 Å². The van der Waals surface area contributed by atoms with E-state index in [2.05, 4.69) is 20.7 Å². The average Bonchev–Trinajstić information content (AvgIpc) is 3.71. The predicted octanol–water partition coefficient (Wildman–Crippen LogP) is 4.98. The van der Waals surface area contributed by atoms with Crippen LogP contribution in [0.1, 0.15) is 42.9 Å². The minimum absolute atomic E-state index is 0.00809. The third-order valence-electron chi connectivity index (χ3n) is 7.44. The van der Waals surface area contributed by atoms with Gasteiger partial charge in [0.2, 0.25) is 17.6 Å². The number of methoxy groups -OCH3 is 2. The number of halogens is 2. The van der Waals surface area contributed by atoms with E-state index >= 15 is 0 Å². The van der Waals surface area contributed by atoms with Gasteiger partial charge < -0.3 is 19.7 Å². The van der Waals surface area contributed by atoms with Gasteiger partial charge >= 0.3 is 0 Å². The molecule has 1 saturated carbocycles. The van der Waals surface area contributed by atoms with Crippen molar-refractivity contribution in [1.82, 2.24) is 30.4 Å². The van der Waals surface area contributed by atoms with E-state index in [9.17, 15) is 14.0 Å². The third kappa shape index (κ3) is 7.11. The van der Waals surface area contributed by atoms with Crippen LogP contribution in [-0.4, -0.2) is 57.2 Å². The first-order valence-corrected chi connectivity index (χ1v) is 14.3. The maximum absolute atomic E-state index is 14.0. The average molecular weight is 607 g/mol. The number of nitrogens with one attached hydrogen (secondary N) is 1. The predicted molar refractivity (Wildman–Crippen MR) is 158 cm³/mol. The van der Waals surface area contributed by atoms with Crippen LogP contribution in [0.25, 0.3) is 11.4 Å². The van der Waals surface area contributed by atoms with E-state index in [1.165, 1.54) is 41.1 Å². The molecule has 5 rings (SSSR count). The summed E-state index contributed by atoms with van der Waals surface area (Å²) < 4.78 is 24.6. The van der Waals surface area contributed by atoms with Crippen molar-refractivity contribution in [3.05, 3.63) is 88.7 Å². The highest BCUT2D eigenvalue weighted by Gasteiger charge is 2.34. The molecule has 0 radical (unpaired) electrons. The van der Waals surface area contributed by atoms with Crippen molar-refractivity contribution < 1.29 is 23.5 Å². The lowest BCUT2D eigenvalue weighted by molar-refractivity contribution is -0.142. The molecule has 0 unspecified atom stereocenters. The number of carbonyl (C=O) groups excluding carboxylic acids is 2. The van der Waals surface area contributed by atoms with Gasteiger partial charge in [0.15, 0.2) is 11.5 Å².